The molecule has 1 N–H and O–H groups in total. The van der Waals surface area contributed by atoms with Crippen molar-refractivity contribution < 1.29 is 17.9 Å². The van der Waals surface area contributed by atoms with E-state index in [1.165, 1.54) is 4.31 Å². The van der Waals surface area contributed by atoms with Crippen molar-refractivity contribution >= 4 is 21.6 Å². The maximum absolute atomic E-state index is 12.6. The highest BCUT2D eigenvalue weighted by atomic mass is 32.2. The molecular weight excluding hydrogens is 388 g/mol. The second-order valence-corrected chi connectivity index (χ2v) is 9.52. The average Bonchev–Trinajstić information content (AvgIpc) is 2.58. The molecule has 1 atom stereocenters. The van der Waals surface area contributed by atoms with E-state index < -0.39 is 10.0 Å². The molecule has 0 saturated heterocycles. The fourth-order valence-electron chi connectivity index (χ4n) is 3.28. The lowest BCUT2D eigenvalue weighted by molar-refractivity contribution is -0.120. The van der Waals surface area contributed by atoms with Crippen LogP contribution >= 0.6 is 0 Å². The Hall–Kier alpha value is -2.54. The van der Waals surface area contributed by atoms with Gasteiger partial charge in [0.2, 0.25) is 15.9 Å². The Kier molecular flexibility index (Phi) is 7.30. The van der Waals surface area contributed by atoms with E-state index in [-0.39, 0.29) is 25.1 Å². The molecule has 0 aliphatic carbocycles. The molecule has 1 amide bonds. The molecule has 7 heteroatoms. The van der Waals surface area contributed by atoms with E-state index in [9.17, 15) is 13.2 Å². The summed E-state index contributed by atoms with van der Waals surface area (Å²) in [5, 5.41) is 2.81. The first kappa shape index (κ1) is 22.7. The maximum Gasteiger partial charge on any atom is 0.241 e. The van der Waals surface area contributed by atoms with Crippen molar-refractivity contribution in [2.75, 3.05) is 23.7 Å². The summed E-state index contributed by atoms with van der Waals surface area (Å²) in [4.78, 5) is 12.6. The summed E-state index contributed by atoms with van der Waals surface area (Å²) in [6, 6.07) is 11.2. The van der Waals surface area contributed by atoms with E-state index in [1.54, 1.807) is 0 Å². The van der Waals surface area contributed by atoms with Gasteiger partial charge in [0.25, 0.3) is 0 Å². The standard InChI is InChI=1S/C22H30N2O4S/c1-15-7-9-20(10-8-15)28-14-19(5)23-21(25)13-24(29(6,26)27)22-17(3)11-16(2)12-18(22)4/h7-12,19H,13-14H2,1-6H3,(H,23,25)/t19-/m1/s1. The number of nitrogens with one attached hydrogen (secondary N) is 1. The zero-order chi connectivity index (χ0) is 21.8. The van der Waals surface area contributed by atoms with Gasteiger partial charge in [-0.05, 0) is 57.9 Å². The van der Waals surface area contributed by atoms with Crippen LogP contribution in [-0.4, -0.2) is 39.8 Å². The highest BCUT2D eigenvalue weighted by Crippen LogP contribution is 2.28. The van der Waals surface area contributed by atoms with E-state index in [1.807, 2.05) is 71.0 Å². The molecule has 0 saturated carbocycles. The summed E-state index contributed by atoms with van der Waals surface area (Å²) in [5.41, 5.74) is 4.37. The van der Waals surface area contributed by atoms with Crippen LogP contribution in [0.15, 0.2) is 36.4 Å². The van der Waals surface area contributed by atoms with Crippen molar-refractivity contribution in [2.24, 2.45) is 0 Å². The summed E-state index contributed by atoms with van der Waals surface area (Å²) < 4.78 is 31.7. The van der Waals surface area contributed by atoms with Crippen LogP contribution in [0.5, 0.6) is 5.75 Å². The van der Waals surface area contributed by atoms with Crippen LogP contribution < -0.4 is 14.4 Å². The van der Waals surface area contributed by atoms with E-state index in [4.69, 9.17) is 4.74 Å². The van der Waals surface area contributed by atoms with Crippen molar-refractivity contribution in [2.45, 2.75) is 40.7 Å². The molecule has 2 aromatic carbocycles. The number of carbonyl (C=O) groups excluding carboxylic acids is 1. The molecule has 0 bridgehead atoms. The third-order valence-electron chi connectivity index (χ3n) is 4.50. The average molecular weight is 419 g/mol. The van der Waals surface area contributed by atoms with Gasteiger partial charge in [-0.3, -0.25) is 9.10 Å². The van der Waals surface area contributed by atoms with Crippen LogP contribution in [0.3, 0.4) is 0 Å². The van der Waals surface area contributed by atoms with Gasteiger partial charge in [-0.15, -0.1) is 0 Å². The minimum absolute atomic E-state index is 0.273. The maximum atomic E-state index is 12.6. The second-order valence-electron chi connectivity index (χ2n) is 7.61. The number of rotatable bonds is 8. The van der Waals surface area contributed by atoms with Gasteiger partial charge in [-0.2, -0.15) is 0 Å². The molecule has 0 spiro atoms. The number of aryl methyl sites for hydroxylation is 4. The van der Waals surface area contributed by atoms with E-state index in [0.717, 1.165) is 34.3 Å². The smallest absolute Gasteiger partial charge is 0.241 e. The van der Waals surface area contributed by atoms with Gasteiger partial charge in [-0.25, -0.2) is 8.42 Å². The molecule has 0 fully saturated rings. The molecule has 2 aromatic rings. The first-order valence-electron chi connectivity index (χ1n) is 9.51. The van der Waals surface area contributed by atoms with Crippen molar-refractivity contribution in [1.29, 1.82) is 0 Å². The van der Waals surface area contributed by atoms with E-state index in [0.29, 0.717) is 5.69 Å². The normalized spacial score (nSPS) is 12.3. The Morgan fingerprint density at radius 1 is 1.03 bits per heavy atom. The molecular formula is C22H30N2O4S. The van der Waals surface area contributed by atoms with Crippen molar-refractivity contribution in [3.05, 3.63) is 58.7 Å². The number of sulfonamides is 1. The Labute approximate surface area is 173 Å². The van der Waals surface area contributed by atoms with Crippen LogP contribution in [0.25, 0.3) is 0 Å². The van der Waals surface area contributed by atoms with E-state index >= 15 is 0 Å². The number of carbonyl (C=O) groups is 1. The monoisotopic (exact) mass is 418 g/mol. The molecule has 0 unspecified atom stereocenters. The minimum atomic E-state index is -3.62. The molecule has 6 nitrogen and oxygen atoms in total. The van der Waals surface area contributed by atoms with Crippen molar-refractivity contribution in [1.82, 2.24) is 5.32 Å². The third-order valence-corrected chi connectivity index (χ3v) is 5.61. The first-order chi connectivity index (χ1) is 13.5. The van der Waals surface area contributed by atoms with Gasteiger partial charge in [-0.1, -0.05) is 35.4 Å². The number of nitrogens with zero attached hydrogens (tertiary/aromatic N) is 1. The number of ether oxygens (including phenoxy) is 1. The van der Waals surface area contributed by atoms with Crippen LogP contribution in [-0.2, 0) is 14.8 Å². The Morgan fingerprint density at radius 2 is 1.59 bits per heavy atom. The minimum Gasteiger partial charge on any atom is -0.491 e. The van der Waals surface area contributed by atoms with Crippen LogP contribution in [0, 0.1) is 27.7 Å². The molecule has 158 valence electrons. The molecule has 29 heavy (non-hydrogen) atoms. The number of amides is 1. The largest absolute Gasteiger partial charge is 0.491 e. The van der Waals surface area contributed by atoms with Crippen LogP contribution in [0.4, 0.5) is 5.69 Å². The summed E-state index contributed by atoms with van der Waals surface area (Å²) in [7, 11) is -3.62. The Balaban J connectivity index is 2.06. The number of hydrogen-bond donors (Lipinski definition) is 1. The van der Waals surface area contributed by atoms with Gasteiger partial charge in [0.05, 0.1) is 18.0 Å². The number of hydrogen-bond acceptors (Lipinski definition) is 4. The molecule has 0 aliphatic heterocycles. The summed E-state index contributed by atoms with van der Waals surface area (Å²) in [6.07, 6.45) is 1.11. The van der Waals surface area contributed by atoms with Crippen molar-refractivity contribution in [3.8, 4) is 5.75 Å². The molecule has 0 radical (unpaired) electrons. The lowest BCUT2D eigenvalue weighted by Crippen LogP contribution is -2.45. The van der Waals surface area contributed by atoms with Crippen LogP contribution in [0.1, 0.15) is 29.2 Å². The Morgan fingerprint density at radius 3 is 2.10 bits per heavy atom. The Bertz CT molecular complexity index is 946. The van der Waals surface area contributed by atoms with Gasteiger partial charge in [0, 0.05) is 0 Å². The first-order valence-corrected chi connectivity index (χ1v) is 11.4. The fourth-order valence-corrected chi connectivity index (χ4v) is 4.25. The third kappa shape index (κ3) is 6.49. The zero-order valence-corrected chi connectivity index (χ0v) is 18.8. The van der Waals surface area contributed by atoms with Gasteiger partial charge >= 0.3 is 0 Å². The molecule has 0 aromatic heterocycles. The summed E-state index contributed by atoms with van der Waals surface area (Å²) in [5.74, 6) is 0.343. The lowest BCUT2D eigenvalue weighted by atomic mass is 10.1. The number of benzene rings is 2. The van der Waals surface area contributed by atoms with E-state index in [2.05, 4.69) is 5.32 Å². The molecule has 0 aliphatic rings. The van der Waals surface area contributed by atoms with Gasteiger partial charge in [0.15, 0.2) is 0 Å². The number of anilines is 1. The predicted molar refractivity (Wildman–Crippen MR) is 117 cm³/mol. The highest BCUT2D eigenvalue weighted by Gasteiger charge is 2.24. The van der Waals surface area contributed by atoms with Crippen molar-refractivity contribution in [3.63, 3.8) is 0 Å². The fraction of sp³-hybridized carbons (Fsp3) is 0.409. The lowest BCUT2D eigenvalue weighted by Gasteiger charge is -2.26. The summed E-state index contributed by atoms with van der Waals surface area (Å²) >= 11 is 0. The quantitative estimate of drug-likeness (QED) is 0.714. The summed E-state index contributed by atoms with van der Waals surface area (Å²) in [6.45, 7) is 9.48. The van der Waals surface area contributed by atoms with Crippen LogP contribution in [0.2, 0.25) is 0 Å². The molecule has 0 heterocycles. The predicted octanol–water partition coefficient (Wildman–Crippen LogP) is 3.27. The molecule has 2 rings (SSSR count). The SMILES string of the molecule is Cc1ccc(OC[C@@H](C)NC(=O)CN(c2c(C)cc(C)cc2C)S(C)(=O)=O)cc1. The van der Waals surface area contributed by atoms with Gasteiger partial charge in [0.1, 0.15) is 18.9 Å². The zero-order valence-electron chi connectivity index (χ0n) is 17.9. The van der Waals surface area contributed by atoms with Gasteiger partial charge < -0.3 is 10.1 Å². The topological polar surface area (TPSA) is 75.7 Å². The second kappa shape index (κ2) is 9.31. The highest BCUT2D eigenvalue weighted by molar-refractivity contribution is 7.92.